The molecule has 2 nitrogen and oxygen atoms in total. The van der Waals surface area contributed by atoms with E-state index in [0.717, 1.165) is 19.6 Å². The second-order valence-corrected chi connectivity index (χ2v) is 4.38. The van der Waals surface area contributed by atoms with Crippen molar-refractivity contribution in [2.75, 3.05) is 20.3 Å². The van der Waals surface area contributed by atoms with Crippen LogP contribution in [0.4, 0.5) is 0 Å². The molecule has 0 saturated carbocycles. The van der Waals surface area contributed by atoms with Crippen LogP contribution in [-0.2, 0) is 4.74 Å². The van der Waals surface area contributed by atoms with E-state index in [-0.39, 0.29) is 11.0 Å². The normalized spacial score (nSPS) is 32.7. The van der Waals surface area contributed by atoms with Crippen LogP contribution in [0.25, 0.3) is 0 Å². The Balaban J connectivity index is 2.75. The lowest BCUT2D eigenvalue weighted by atomic mass is 9.73. The second kappa shape index (κ2) is 2.76. The Morgan fingerprint density at radius 2 is 2.00 bits per heavy atom. The largest absolute Gasteiger partial charge is 0.379 e. The van der Waals surface area contributed by atoms with Gasteiger partial charge in [-0.25, -0.2) is 0 Å². The standard InChI is InChI=1S/C9H19NO/c1-8(2,3)9(10-4)5-6-11-7-9/h10H,5-7H2,1-4H3. The fourth-order valence-electron chi connectivity index (χ4n) is 1.73. The van der Waals surface area contributed by atoms with Gasteiger partial charge in [0.15, 0.2) is 0 Å². The molecule has 66 valence electrons. The van der Waals surface area contributed by atoms with Gasteiger partial charge < -0.3 is 10.1 Å². The Kier molecular flexibility index (Phi) is 2.26. The number of hydrogen-bond donors (Lipinski definition) is 1. The van der Waals surface area contributed by atoms with Crippen LogP contribution in [-0.4, -0.2) is 25.8 Å². The number of nitrogens with one attached hydrogen (secondary N) is 1. The summed E-state index contributed by atoms with van der Waals surface area (Å²) in [5.41, 5.74) is 0.491. The molecular formula is C9H19NO. The van der Waals surface area contributed by atoms with Gasteiger partial charge in [0.05, 0.1) is 6.61 Å². The van der Waals surface area contributed by atoms with Crippen LogP contribution in [0.5, 0.6) is 0 Å². The average Bonchev–Trinajstić information content (AvgIpc) is 2.33. The fourth-order valence-corrected chi connectivity index (χ4v) is 1.73. The molecule has 0 aromatic heterocycles. The molecule has 11 heavy (non-hydrogen) atoms. The van der Waals surface area contributed by atoms with E-state index in [2.05, 4.69) is 26.1 Å². The maximum absolute atomic E-state index is 5.42. The number of ether oxygens (including phenoxy) is 1. The van der Waals surface area contributed by atoms with E-state index in [9.17, 15) is 0 Å². The van der Waals surface area contributed by atoms with Crippen LogP contribution < -0.4 is 5.32 Å². The molecule has 0 radical (unpaired) electrons. The molecule has 1 fully saturated rings. The second-order valence-electron chi connectivity index (χ2n) is 4.38. The van der Waals surface area contributed by atoms with E-state index >= 15 is 0 Å². The highest BCUT2D eigenvalue weighted by Gasteiger charge is 2.43. The number of hydrogen-bond acceptors (Lipinski definition) is 2. The molecule has 0 bridgehead atoms. The Morgan fingerprint density at radius 3 is 2.18 bits per heavy atom. The molecule has 1 unspecified atom stereocenters. The number of rotatable bonds is 1. The fraction of sp³-hybridized carbons (Fsp3) is 1.00. The van der Waals surface area contributed by atoms with Crippen LogP contribution in [0.1, 0.15) is 27.2 Å². The van der Waals surface area contributed by atoms with Crippen LogP contribution in [0.15, 0.2) is 0 Å². The molecule has 1 aliphatic heterocycles. The first-order valence-electron chi connectivity index (χ1n) is 4.28. The first-order chi connectivity index (χ1) is 5.02. The van der Waals surface area contributed by atoms with E-state index < -0.39 is 0 Å². The molecule has 1 heterocycles. The lowest BCUT2D eigenvalue weighted by Gasteiger charge is -2.40. The van der Waals surface area contributed by atoms with Gasteiger partial charge in [0.25, 0.3) is 0 Å². The third kappa shape index (κ3) is 1.42. The van der Waals surface area contributed by atoms with Crippen molar-refractivity contribution >= 4 is 0 Å². The quantitative estimate of drug-likeness (QED) is 0.621. The van der Waals surface area contributed by atoms with Gasteiger partial charge in [-0.3, -0.25) is 0 Å². The summed E-state index contributed by atoms with van der Waals surface area (Å²) < 4.78 is 5.42. The summed E-state index contributed by atoms with van der Waals surface area (Å²) in [6, 6.07) is 0. The summed E-state index contributed by atoms with van der Waals surface area (Å²) in [4.78, 5) is 0. The van der Waals surface area contributed by atoms with E-state index in [1.165, 1.54) is 0 Å². The van der Waals surface area contributed by atoms with Gasteiger partial charge in [0.2, 0.25) is 0 Å². The zero-order valence-electron chi connectivity index (χ0n) is 8.03. The van der Waals surface area contributed by atoms with Crippen molar-refractivity contribution in [3.8, 4) is 0 Å². The summed E-state index contributed by atoms with van der Waals surface area (Å²) in [6.45, 7) is 8.54. The minimum absolute atomic E-state index is 0.201. The van der Waals surface area contributed by atoms with Crippen molar-refractivity contribution in [2.24, 2.45) is 5.41 Å². The molecule has 0 aromatic rings. The van der Waals surface area contributed by atoms with Crippen LogP contribution in [0, 0.1) is 5.41 Å². The summed E-state index contributed by atoms with van der Waals surface area (Å²) in [6.07, 6.45) is 1.13. The highest BCUT2D eigenvalue weighted by molar-refractivity contribution is 4.99. The monoisotopic (exact) mass is 157 g/mol. The molecule has 0 spiro atoms. The van der Waals surface area contributed by atoms with E-state index in [4.69, 9.17) is 4.74 Å². The lowest BCUT2D eigenvalue weighted by Crippen LogP contribution is -2.53. The van der Waals surface area contributed by atoms with Crippen molar-refractivity contribution < 1.29 is 4.74 Å². The predicted molar refractivity (Wildman–Crippen MR) is 46.7 cm³/mol. The van der Waals surface area contributed by atoms with E-state index in [1.54, 1.807) is 0 Å². The van der Waals surface area contributed by atoms with Gasteiger partial charge in [0.1, 0.15) is 0 Å². The molecule has 1 N–H and O–H groups in total. The molecule has 1 saturated heterocycles. The highest BCUT2D eigenvalue weighted by atomic mass is 16.5. The van der Waals surface area contributed by atoms with E-state index in [1.807, 2.05) is 7.05 Å². The van der Waals surface area contributed by atoms with Crippen molar-refractivity contribution in [2.45, 2.75) is 32.7 Å². The summed E-state index contributed by atoms with van der Waals surface area (Å²) in [5.74, 6) is 0. The Bertz CT molecular complexity index is 131. The maximum atomic E-state index is 5.42. The van der Waals surface area contributed by atoms with Gasteiger partial charge in [-0.1, -0.05) is 20.8 Å². The minimum Gasteiger partial charge on any atom is -0.379 e. The van der Waals surface area contributed by atoms with Gasteiger partial charge >= 0.3 is 0 Å². The topological polar surface area (TPSA) is 21.3 Å². The van der Waals surface area contributed by atoms with Gasteiger partial charge in [-0.2, -0.15) is 0 Å². The first-order valence-corrected chi connectivity index (χ1v) is 4.28. The zero-order valence-corrected chi connectivity index (χ0v) is 8.03. The molecule has 1 aliphatic rings. The average molecular weight is 157 g/mol. The van der Waals surface area contributed by atoms with Crippen molar-refractivity contribution in [1.82, 2.24) is 5.32 Å². The third-order valence-corrected chi connectivity index (χ3v) is 2.94. The van der Waals surface area contributed by atoms with Gasteiger partial charge in [-0.15, -0.1) is 0 Å². The molecule has 0 aliphatic carbocycles. The molecular weight excluding hydrogens is 138 g/mol. The van der Waals surface area contributed by atoms with Gasteiger partial charge in [0, 0.05) is 12.1 Å². The Hall–Kier alpha value is -0.0800. The highest BCUT2D eigenvalue weighted by Crippen LogP contribution is 2.36. The smallest absolute Gasteiger partial charge is 0.0654 e. The van der Waals surface area contributed by atoms with Gasteiger partial charge in [-0.05, 0) is 18.9 Å². The van der Waals surface area contributed by atoms with Crippen LogP contribution >= 0.6 is 0 Å². The lowest BCUT2D eigenvalue weighted by molar-refractivity contribution is 0.106. The SMILES string of the molecule is CNC1(C(C)(C)C)CCOC1. The number of likely N-dealkylation sites (N-methyl/N-ethyl adjacent to an activating group) is 1. The third-order valence-electron chi connectivity index (χ3n) is 2.94. The first kappa shape index (κ1) is 9.01. The molecule has 2 heteroatoms. The van der Waals surface area contributed by atoms with Crippen molar-refractivity contribution in [3.05, 3.63) is 0 Å². The summed E-state index contributed by atoms with van der Waals surface area (Å²) >= 11 is 0. The Morgan fingerprint density at radius 1 is 1.36 bits per heavy atom. The molecule has 0 amide bonds. The van der Waals surface area contributed by atoms with Crippen molar-refractivity contribution in [1.29, 1.82) is 0 Å². The zero-order chi connectivity index (χ0) is 8.54. The van der Waals surface area contributed by atoms with Crippen LogP contribution in [0.3, 0.4) is 0 Å². The summed E-state index contributed by atoms with van der Waals surface area (Å²) in [5, 5.41) is 3.39. The van der Waals surface area contributed by atoms with E-state index in [0.29, 0.717) is 0 Å². The molecule has 0 aromatic carbocycles. The van der Waals surface area contributed by atoms with Crippen LogP contribution in [0.2, 0.25) is 0 Å². The predicted octanol–water partition coefficient (Wildman–Crippen LogP) is 1.41. The maximum Gasteiger partial charge on any atom is 0.0654 e. The Labute approximate surface area is 69.3 Å². The minimum atomic E-state index is 0.201. The van der Waals surface area contributed by atoms with Crippen molar-refractivity contribution in [3.63, 3.8) is 0 Å². The molecule has 1 atom stereocenters. The summed E-state index contributed by atoms with van der Waals surface area (Å²) in [7, 11) is 2.03. The molecule has 1 rings (SSSR count).